The summed E-state index contributed by atoms with van der Waals surface area (Å²) in [6.07, 6.45) is 1.80. The summed E-state index contributed by atoms with van der Waals surface area (Å²) < 4.78 is 64.4. The maximum absolute atomic E-state index is 13.2. The van der Waals surface area contributed by atoms with Gasteiger partial charge in [-0.25, -0.2) is 13.4 Å². The number of likely N-dealkylation sites (tertiary alicyclic amines) is 1. The Bertz CT molecular complexity index is 1100. The third-order valence-electron chi connectivity index (χ3n) is 6.39. The van der Waals surface area contributed by atoms with Crippen LogP contribution < -0.4 is 0 Å². The van der Waals surface area contributed by atoms with Gasteiger partial charge in [0, 0.05) is 12.6 Å². The summed E-state index contributed by atoms with van der Waals surface area (Å²) in [6, 6.07) is 8.46. The number of piperidine rings is 1. The van der Waals surface area contributed by atoms with E-state index in [9.17, 15) is 26.4 Å². The van der Waals surface area contributed by atoms with E-state index in [-0.39, 0.29) is 23.3 Å². The molecule has 0 N–H and O–H groups in total. The number of halogens is 3. The molecule has 2 heterocycles. The second-order valence-corrected chi connectivity index (χ2v) is 10.5. The summed E-state index contributed by atoms with van der Waals surface area (Å²) in [5, 5.41) is 0. The monoisotopic (exact) mass is 466 g/mol. The lowest BCUT2D eigenvalue weighted by molar-refractivity contribution is -0.137. The number of pyridine rings is 1. The lowest BCUT2D eigenvalue weighted by Gasteiger charge is -2.44. The van der Waals surface area contributed by atoms with Crippen LogP contribution in [-0.4, -0.2) is 36.8 Å². The van der Waals surface area contributed by atoms with Crippen molar-refractivity contribution in [3.63, 3.8) is 0 Å². The van der Waals surface area contributed by atoms with Crippen LogP contribution >= 0.6 is 0 Å². The van der Waals surface area contributed by atoms with Crippen molar-refractivity contribution in [1.29, 1.82) is 0 Å². The Hall–Kier alpha value is -2.42. The lowest BCUT2D eigenvalue weighted by Crippen LogP contribution is -2.49. The summed E-state index contributed by atoms with van der Waals surface area (Å²) in [7, 11) is -4.07. The average Bonchev–Trinajstić information content (AvgIpc) is 2.77. The van der Waals surface area contributed by atoms with Gasteiger partial charge in [-0.2, -0.15) is 13.2 Å². The molecule has 1 amide bonds. The third-order valence-corrected chi connectivity index (χ3v) is 8.04. The first-order valence-electron chi connectivity index (χ1n) is 10.8. The van der Waals surface area contributed by atoms with Crippen molar-refractivity contribution in [3.05, 3.63) is 59.4 Å². The average molecular weight is 467 g/mol. The molecule has 9 heteroatoms. The molecule has 2 aromatic rings. The number of fused-ring (bicyclic) bond motifs is 1. The molecule has 1 saturated heterocycles. The number of carbonyl (C=O) groups is 1. The van der Waals surface area contributed by atoms with Crippen LogP contribution in [0.15, 0.2) is 47.4 Å². The molecule has 4 rings (SSSR count). The number of amides is 1. The molecule has 1 aliphatic heterocycles. The van der Waals surface area contributed by atoms with Gasteiger partial charge >= 0.3 is 6.18 Å². The molecule has 1 saturated carbocycles. The van der Waals surface area contributed by atoms with Gasteiger partial charge in [-0.3, -0.25) is 4.79 Å². The van der Waals surface area contributed by atoms with Gasteiger partial charge in [-0.15, -0.1) is 0 Å². The van der Waals surface area contributed by atoms with Gasteiger partial charge in [0.25, 0.3) is 5.91 Å². The molecule has 1 aromatic carbocycles. The summed E-state index contributed by atoms with van der Waals surface area (Å²) in [6.45, 7) is 0.661. The Morgan fingerprint density at radius 2 is 1.75 bits per heavy atom. The molecule has 2 unspecified atom stereocenters. The van der Waals surface area contributed by atoms with Crippen molar-refractivity contribution in [2.75, 3.05) is 6.54 Å². The third kappa shape index (κ3) is 4.82. The predicted molar refractivity (Wildman–Crippen MR) is 113 cm³/mol. The van der Waals surface area contributed by atoms with Gasteiger partial charge in [0.1, 0.15) is 5.69 Å². The zero-order valence-electron chi connectivity index (χ0n) is 17.5. The molecule has 1 aliphatic carbocycles. The van der Waals surface area contributed by atoms with Crippen LogP contribution in [0.3, 0.4) is 0 Å². The predicted octanol–water partition coefficient (Wildman–Crippen LogP) is 4.87. The molecule has 1 aromatic heterocycles. The minimum Gasteiger partial charge on any atom is -0.334 e. The molecule has 0 spiro atoms. The van der Waals surface area contributed by atoms with Crippen molar-refractivity contribution >= 4 is 15.7 Å². The summed E-state index contributed by atoms with van der Waals surface area (Å²) >= 11 is 0. The van der Waals surface area contributed by atoms with Crippen molar-refractivity contribution in [1.82, 2.24) is 9.88 Å². The maximum atomic E-state index is 13.2. The minimum absolute atomic E-state index is 0.130. The summed E-state index contributed by atoms with van der Waals surface area (Å²) in [5.41, 5.74) is -0.721. The van der Waals surface area contributed by atoms with Gasteiger partial charge < -0.3 is 4.90 Å². The van der Waals surface area contributed by atoms with E-state index < -0.39 is 32.2 Å². The highest BCUT2D eigenvalue weighted by atomic mass is 32.2. The standard InChI is InChI=1S/C23H25F3N2O3S/c24-23(25,26)17-8-3-10-19(14-17)32(30,31)15-18-9-4-11-20(27-18)22(29)28-13-5-7-16-6-1-2-12-21(16)28/h3-4,8-11,14,16,21H,1-2,5-7,12-13,15H2. The first kappa shape index (κ1) is 22.8. The molecule has 172 valence electrons. The number of sulfone groups is 1. The SMILES string of the molecule is O=C(c1cccc(CS(=O)(=O)c2cccc(C(F)(F)F)c2)n1)N1CCCC2CCCCC21. The van der Waals surface area contributed by atoms with E-state index in [0.29, 0.717) is 18.5 Å². The van der Waals surface area contributed by atoms with E-state index in [1.54, 1.807) is 12.1 Å². The number of benzene rings is 1. The zero-order chi connectivity index (χ0) is 22.9. The molecular formula is C23H25F3N2O3S. The van der Waals surface area contributed by atoms with Crippen LogP contribution in [0.2, 0.25) is 0 Å². The smallest absolute Gasteiger partial charge is 0.334 e. The fraction of sp³-hybridized carbons (Fsp3) is 0.478. The first-order chi connectivity index (χ1) is 15.1. The van der Waals surface area contributed by atoms with Crippen LogP contribution in [0.1, 0.15) is 60.3 Å². The molecule has 0 radical (unpaired) electrons. The largest absolute Gasteiger partial charge is 0.416 e. The second kappa shape index (κ2) is 8.84. The number of hydrogen-bond donors (Lipinski definition) is 0. The van der Waals surface area contributed by atoms with Crippen LogP contribution in [-0.2, 0) is 21.8 Å². The highest BCUT2D eigenvalue weighted by molar-refractivity contribution is 7.90. The van der Waals surface area contributed by atoms with Crippen molar-refractivity contribution in [2.24, 2.45) is 5.92 Å². The molecule has 2 aliphatic rings. The molecule has 0 bridgehead atoms. The summed E-state index contributed by atoms with van der Waals surface area (Å²) in [5.74, 6) is -0.285. The maximum Gasteiger partial charge on any atom is 0.416 e. The van der Waals surface area contributed by atoms with Crippen LogP contribution in [0, 0.1) is 5.92 Å². The Balaban J connectivity index is 1.55. The molecule has 2 atom stereocenters. The normalized spacial score (nSPS) is 21.8. The quantitative estimate of drug-likeness (QED) is 0.645. The van der Waals surface area contributed by atoms with Crippen LogP contribution in [0.5, 0.6) is 0 Å². The zero-order valence-corrected chi connectivity index (χ0v) is 18.3. The highest BCUT2D eigenvalue weighted by Crippen LogP contribution is 2.36. The van der Waals surface area contributed by atoms with Gasteiger partial charge in [-0.1, -0.05) is 25.0 Å². The van der Waals surface area contributed by atoms with Crippen LogP contribution in [0.25, 0.3) is 0 Å². The van der Waals surface area contributed by atoms with Crippen molar-refractivity contribution in [2.45, 2.75) is 61.4 Å². The lowest BCUT2D eigenvalue weighted by atomic mass is 9.78. The van der Waals surface area contributed by atoms with Gasteiger partial charge in [-0.05, 0) is 61.9 Å². The minimum atomic E-state index is -4.64. The van der Waals surface area contributed by atoms with Gasteiger partial charge in [0.2, 0.25) is 0 Å². The number of alkyl halides is 3. The van der Waals surface area contributed by atoms with Gasteiger partial charge in [0.15, 0.2) is 9.84 Å². The number of carbonyl (C=O) groups excluding carboxylic acids is 1. The van der Waals surface area contributed by atoms with E-state index in [1.807, 2.05) is 4.90 Å². The molecule has 2 fully saturated rings. The van der Waals surface area contributed by atoms with E-state index in [1.165, 1.54) is 12.5 Å². The Morgan fingerprint density at radius 1 is 1.03 bits per heavy atom. The number of aromatic nitrogens is 1. The highest BCUT2D eigenvalue weighted by Gasteiger charge is 2.36. The van der Waals surface area contributed by atoms with Crippen LogP contribution in [0.4, 0.5) is 13.2 Å². The summed E-state index contributed by atoms with van der Waals surface area (Å²) in [4.78, 5) is 18.9. The van der Waals surface area contributed by atoms with Crippen molar-refractivity contribution < 1.29 is 26.4 Å². The molecular weight excluding hydrogens is 441 g/mol. The Morgan fingerprint density at radius 3 is 2.53 bits per heavy atom. The van der Waals surface area contributed by atoms with Gasteiger partial charge in [0.05, 0.1) is 21.9 Å². The first-order valence-corrected chi connectivity index (χ1v) is 12.5. The topological polar surface area (TPSA) is 67.3 Å². The van der Waals surface area contributed by atoms with E-state index in [4.69, 9.17) is 0 Å². The number of nitrogens with zero attached hydrogens (tertiary/aromatic N) is 2. The number of hydrogen-bond acceptors (Lipinski definition) is 4. The second-order valence-electron chi connectivity index (χ2n) is 8.55. The number of rotatable bonds is 4. The van der Waals surface area contributed by atoms with Crippen molar-refractivity contribution in [3.8, 4) is 0 Å². The molecule has 32 heavy (non-hydrogen) atoms. The Kier molecular flexibility index (Phi) is 6.29. The Labute approximate surface area is 185 Å². The fourth-order valence-electron chi connectivity index (χ4n) is 4.85. The fourth-order valence-corrected chi connectivity index (χ4v) is 6.16. The molecule has 5 nitrogen and oxygen atoms in total. The van der Waals surface area contributed by atoms with E-state index >= 15 is 0 Å². The van der Waals surface area contributed by atoms with E-state index in [2.05, 4.69) is 4.98 Å². The van der Waals surface area contributed by atoms with E-state index in [0.717, 1.165) is 50.3 Å².